The topological polar surface area (TPSA) is 76.9 Å². The lowest BCUT2D eigenvalue weighted by Gasteiger charge is -2.24. The van der Waals surface area contributed by atoms with Crippen molar-refractivity contribution < 1.29 is 21.6 Å². The minimum absolute atomic E-state index is 0.323. The van der Waals surface area contributed by atoms with Crippen LogP contribution in [0.3, 0.4) is 0 Å². The summed E-state index contributed by atoms with van der Waals surface area (Å²) in [5.74, 6) is -0.943. The zero-order chi connectivity index (χ0) is 17.6. The van der Waals surface area contributed by atoms with E-state index in [2.05, 4.69) is 10.1 Å². The highest BCUT2D eigenvalue weighted by atomic mass is 32.2. The number of rotatable bonds is 4. The molecule has 0 amide bonds. The summed E-state index contributed by atoms with van der Waals surface area (Å²) in [4.78, 5) is 3.66. The van der Waals surface area contributed by atoms with Crippen molar-refractivity contribution in [3.8, 4) is 0 Å². The molecule has 128 valence electrons. The van der Waals surface area contributed by atoms with E-state index in [1.807, 2.05) is 0 Å². The molecule has 0 fully saturated rings. The van der Waals surface area contributed by atoms with Gasteiger partial charge in [-0.25, -0.2) is 13.4 Å². The van der Waals surface area contributed by atoms with Crippen molar-refractivity contribution in [3.63, 3.8) is 0 Å². The van der Waals surface area contributed by atoms with Gasteiger partial charge in [-0.15, -0.1) is 0 Å². The quantitative estimate of drug-likeness (QED) is 0.917. The SMILES string of the molecule is Cc1nn(C)c2ncc(S(=O)(=O)NC(C(C)C)C(F)(F)F)cc12. The van der Waals surface area contributed by atoms with Crippen LogP contribution in [-0.4, -0.2) is 35.4 Å². The molecule has 10 heteroatoms. The first-order chi connectivity index (χ1) is 10.4. The van der Waals surface area contributed by atoms with E-state index >= 15 is 0 Å². The number of nitrogens with one attached hydrogen (secondary N) is 1. The van der Waals surface area contributed by atoms with Gasteiger partial charge in [-0.3, -0.25) is 4.68 Å². The van der Waals surface area contributed by atoms with Crippen LogP contribution in [0, 0.1) is 12.8 Å². The Labute approximate surface area is 131 Å². The van der Waals surface area contributed by atoms with E-state index in [-0.39, 0.29) is 4.90 Å². The predicted molar refractivity (Wildman–Crippen MR) is 78.2 cm³/mol. The first-order valence-corrected chi connectivity index (χ1v) is 8.30. The molecular formula is C13H17F3N4O2S. The minimum Gasteiger partial charge on any atom is -0.250 e. The molecule has 6 nitrogen and oxygen atoms in total. The second kappa shape index (κ2) is 5.75. The highest BCUT2D eigenvalue weighted by Gasteiger charge is 2.44. The Morgan fingerprint density at radius 2 is 1.91 bits per heavy atom. The number of pyridine rings is 1. The standard InChI is InChI=1S/C13H17F3N4O2S/c1-7(2)11(13(14,15)16)19-23(21,22)9-5-10-8(3)18-20(4)12(10)17-6-9/h5-7,11,19H,1-4H3. The normalized spacial score (nSPS) is 14.6. The Balaban J connectivity index is 2.45. The molecule has 0 aromatic carbocycles. The van der Waals surface area contributed by atoms with Gasteiger partial charge in [-0.2, -0.15) is 23.0 Å². The van der Waals surface area contributed by atoms with Gasteiger partial charge < -0.3 is 0 Å². The molecule has 0 aliphatic carbocycles. The van der Waals surface area contributed by atoms with Gasteiger partial charge in [-0.1, -0.05) is 13.8 Å². The third-order valence-electron chi connectivity index (χ3n) is 3.45. The van der Waals surface area contributed by atoms with Crippen LogP contribution in [-0.2, 0) is 17.1 Å². The Kier molecular flexibility index (Phi) is 4.42. The predicted octanol–water partition coefficient (Wildman–Crippen LogP) is 2.14. The van der Waals surface area contributed by atoms with Crippen LogP contribution >= 0.6 is 0 Å². The fraction of sp³-hybridized carbons (Fsp3) is 0.538. The molecule has 0 aliphatic rings. The van der Waals surface area contributed by atoms with E-state index in [9.17, 15) is 21.6 Å². The molecule has 0 saturated heterocycles. The largest absolute Gasteiger partial charge is 0.405 e. The van der Waals surface area contributed by atoms with Crippen LogP contribution in [0.5, 0.6) is 0 Å². The molecule has 23 heavy (non-hydrogen) atoms. The van der Waals surface area contributed by atoms with Crippen LogP contribution in [0.1, 0.15) is 19.5 Å². The number of alkyl halides is 3. The molecule has 1 N–H and O–H groups in total. The maximum Gasteiger partial charge on any atom is 0.405 e. The summed E-state index contributed by atoms with van der Waals surface area (Å²) < 4.78 is 66.7. The highest BCUT2D eigenvalue weighted by Crippen LogP contribution is 2.27. The van der Waals surface area contributed by atoms with Crippen molar-refractivity contribution in [1.29, 1.82) is 0 Å². The molecule has 2 aromatic rings. The molecule has 0 spiro atoms. The van der Waals surface area contributed by atoms with E-state index in [0.29, 0.717) is 16.7 Å². The lowest BCUT2D eigenvalue weighted by Crippen LogP contribution is -2.48. The fourth-order valence-electron chi connectivity index (χ4n) is 2.25. The summed E-state index contributed by atoms with van der Waals surface area (Å²) in [7, 11) is -2.71. The van der Waals surface area contributed by atoms with Gasteiger partial charge in [0.15, 0.2) is 5.65 Å². The fourth-order valence-corrected chi connectivity index (χ4v) is 3.59. The molecule has 1 unspecified atom stereocenters. The van der Waals surface area contributed by atoms with E-state index in [1.165, 1.54) is 24.6 Å². The van der Waals surface area contributed by atoms with Crippen molar-refractivity contribution in [2.75, 3.05) is 0 Å². The number of sulfonamides is 1. The summed E-state index contributed by atoms with van der Waals surface area (Å²) in [5, 5.41) is 4.58. The monoisotopic (exact) mass is 350 g/mol. The Hall–Kier alpha value is -1.68. The Morgan fingerprint density at radius 3 is 2.43 bits per heavy atom. The third-order valence-corrected chi connectivity index (χ3v) is 4.86. The Bertz CT molecular complexity index is 828. The number of aromatic nitrogens is 3. The first-order valence-electron chi connectivity index (χ1n) is 6.82. The van der Waals surface area contributed by atoms with Crippen molar-refractivity contribution in [2.45, 2.75) is 37.9 Å². The summed E-state index contributed by atoms with van der Waals surface area (Å²) in [5.41, 5.74) is 1.00. The summed E-state index contributed by atoms with van der Waals surface area (Å²) in [6.07, 6.45) is -3.65. The third kappa shape index (κ3) is 3.47. The molecule has 0 saturated carbocycles. The molecule has 0 radical (unpaired) electrons. The van der Waals surface area contributed by atoms with Crippen molar-refractivity contribution in [3.05, 3.63) is 18.0 Å². The molecule has 2 rings (SSSR count). The molecule has 0 bridgehead atoms. The lowest BCUT2D eigenvalue weighted by atomic mass is 10.1. The molecule has 1 atom stereocenters. The van der Waals surface area contributed by atoms with Gasteiger partial charge in [0.1, 0.15) is 10.9 Å². The van der Waals surface area contributed by atoms with Crippen LogP contribution < -0.4 is 4.72 Å². The van der Waals surface area contributed by atoms with Crippen LogP contribution in [0.4, 0.5) is 13.2 Å². The number of hydrogen-bond donors (Lipinski definition) is 1. The molecule has 0 aliphatic heterocycles. The molecule has 2 heterocycles. The Morgan fingerprint density at radius 1 is 1.30 bits per heavy atom. The number of fused-ring (bicyclic) bond motifs is 1. The number of halogens is 3. The first kappa shape index (κ1) is 17.7. The maximum atomic E-state index is 13.0. The van der Waals surface area contributed by atoms with Gasteiger partial charge in [-0.05, 0) is 18.9 Å². The zero-order valence-corrected chi connectivity index (χ0v) is 13.8. The van der Waals surface area contributed by atoms with Crippen molar-refractivity contribution in [1.82, 2.24) is 19.5 Å². The number of aryl methyl sites for hydroxylation is 2. The van der Waals surface area contributed by atoms with Gasteiger partial charge in [0.2, 0.25) is 10.0 Å². The summed E-state index contributed by atoms with van der Waals surface area (Å²) in [6.45, 7) is 4.27. The van der Waals surface area contributed by atoms with Crippen molar-refractivity contribution >= 4 is 21.1 Å². The second-order valence-electron chi connectivity index (χ2n) is 5.64. The molecular weight excluding hydrogens is 333 g/mol. The van der Waals surface area contributed by atoms with E-state index in [0.717, 1.165) is 6.20 Å². The van der Waals surface area contributed by atoms with Crippen molar-refractivity contribution in [2.24, 2.45) is 13.0 Å². The van der Waals surface area contributed by atoms with E-state index < -0.39 is 28.2 Å². The summed E-state index contributed by atoms with van der Waals surface area (Å²) in [6, 6.07) is -0.890. The second-order valence-corrected chi connectivity index (χ2v) is 7.35. The van der Waals surface area contributed by atoms with Gasteiger partial charge >= 0.3 is 6.18 Å². The van der Waals surface area contributed by atoms with Gasteiger partial charge in [0, 0.05) is 18.6 Å². The van der Waals surface area contributed by atoms with Crippen LogP contribution in [0.15, 0.2) is 17.2 Å². The maximum absolute atomic E-state index is 13.0. The lowest BCUT2D eigenvalue weighted by molar-refractivity contribution is -0.160. The average molecular weight is 350 g/mol. The zero-order valence-electron chi connectivity index (χ0n) is 13.0. The van der Waals surface area contributed by atoms with E-state index in [1.54, 1.807) is 18.7 Å². The summed E-state index contributed by atoms with van der Waals surface area (Å²) >= 11 is 0. The number of hydrogen-bond acceptors (Lipinski definition) is 4. The van der Waals surface area contributed by atoms with Crippen LogP contribution in [0.2, 0.25) is 0 Å². The van der Waals surface area contributed by atoms with Gasteiger partial charge in [0.25, 0.3) is 0 Å². The van der Waals surface area contributed by atoms with E-state index in [4.69, 9.17) is 0 Å². The van der Waals surface area contributed by atoms with Gasteiger partial charge in [0.05, 0.1) is 5.69 Å². The number of nitrogens with zero attached hydrogens (tertiary/aromatic N) is 3. The average Bonchev–Trinajstić information content (AvgIpc) is 2.70. The highest BCUT2D eigenvalue weighted by molar-refractivity contribution is 7.89. The smallest absolute Gasteiger partial charge is 0.250 e. The minimum atomic E-state index is -4.68. The molecule has 2 aromatic heterocycles. The van der Waals surface area contributed by atoms with Crippen LogP contribution in [0.25, 0.3) is 11.0 Å².